The molecule has 3 rings (SSSR count). The summed E-state index contributed by atoms with van der Waals surface area (Å²) in [6.07, 6.45) is 9.21. The van der Waals surface area contributed by atoms with Crippen LogP contribution in [-0.4, -0.2) is 36.2 Å². The number of hydrogen-bond acceptors (Lipinski definition) is 6. The molecule has 0 bridgehead atoms. The van der Waals surface area contributed by atoms with E-state index in [9.17, 15) is 9.59 Å². The molecule has 3 aliphatic rings. The second-order valence-electron chi connectivity index (χ2n) is 10.5. The van der Waals surface area contributed by atoms with Crippen molar-refractivity contribution in [3.63, 3.8) is 0 Å². The smallest absolute Gasteiger partial charge is 0.332 e. The molecule has 0 radical (unpaired) electrons. The lowest BCUT2D eigenvalue weighted by Gasteiger charge is -2.36. The molecule has 6 nitrogen and oxygen atoms in total. The molecule has 2 aliphatic heterocycles. The lowest BCUT2D eigenvalue weighted by Crippen LogP contribution is -2.31. The second kappa shape index (κ2) is 8.88. The number of nitrogens with one attached hydrogen (secondary N) is 2. The Labute approximate surface area is 197 Å². The van der Waals surface area contributed by atoms with Gasteiger partial charge in [-0.3, -0.25) is 0 Å². The molecular formula is C27H38N2O4. The number of ether oxygens (including phenoxy) is 2. The first-order valence-electron chi connectivity index (χ1n) is 11.8. The second-order valence-corrected chi connectivity index (χ2v) is 10.5. The van der Waals surface area contributed by atoms with Crippen LogP contribution in [0.15, 0.2) is 58.0 Å². The number of carbonyl (C=O) groups excluding carboxylic acids is 2. The van der Waals surface area contributed by atoms with E-state index in [-0.39, 0.29) is 28.4 Å². The molecule has 33 heavy (non-hydrogen) atoms. The minimum Gasteiger partial charge on any atom is -0.463 e. The topological polar surface area (TPSA) is 76.7 Å². The minimum atomic E-state index is -0.382. The van der Waals surface area contributed by atoms with Crippen LogP contribution in [0.1, 0.15) is 68.2 Å². The average molecular weight is 455 g/mol. The van der Waals surface area contributed by atoms with Crippen molar-refractivity contribution in [2.24, 2.45) is 5.41 Å². The molecule has 0 aromatic carbocycles. The van der Waals surface area contributed by atoms with Crippen LogP contribution < -0.4 is 10.6 Å². The molecule has 1 spiro atoms. The van der Waals surface area contributed by atoms with Gasteiger partial charge in [-0.1, -0.05) is 23.3 Å². The zero-order chi connectivity index (χ0) is 24.6. The van der Waals surface area contributed by atoms with E-state index in [4.69, 9.17) is 9.47 Å². The van der Waals surface area contributed by atoms with Crippen molar-refractivity contribution in [2.45, 2.75) is 79.3 Å². The number of hydrogen-bond donors (Lipinski definition) is 2. The van der Waals surface area contributed by atoms with Crippen molar-refractivity contribution in [3.05, 3.63) is 58.0 Å². The molecule has 6 heteroatoms. The van der Waals surface area contributed by atoms with Crippen molar-refractivity contribution >= 4 is 11.9 Å². The van der Waals surface area contributed by atoms with E-state index < -0.39 is 0 Å². The number of esters is 2. The third-order valence-electron chi connectivity index (χ3n) is 6.59. The van der Waals surface area contributed by atoms with E-state index in [1.54, 1.807) is 19.1 Å². The van der Waals surface area contributed by atoms with Gasteiger partial charge in [0.25, 0.3) is 0 Å². The highest BCUT2D eigenvalue weighted by atomic mass is 16.5. The molecule has 2 saturated heterocycles. The summed E-state index contributed by atoms with van der Waals surface area (Å²) in [5, 5.41) is 7.04. The fraction of sp³-hybridized carbons (Fsp3) is 0.556. The van der Waals surface area contributed by atoms with Crippen LogP contribution in [0, 0.1) is 5.41 Å². The standard InChI is InChI=1S/C27H38N2O4/c1-9-32-23(30)13-21-20(15-25(5,6)28-21)19-11-17(3)27(18(4)12-19)16-26(7,8)29-22(27)14-24(31)33-10-2/h11-14,28-29H,9-10,15-16H2,1-8H3/b20-19?,21-13-,22-14-. The lowest BCUT2D eigenvalue weighted by atomic mass is 9.66. The van der Waals surface area contributed by atoms with Crippen LogP contribution in [0.3, 0.4) is 0 Å². The van der Waals surface area contributed by atoms with Crippen LogP contribution >= 0.6 is 0 Å². The Hall–Kier alpha value is -2.76. The molecule has 1 aliphatic carbocycles. The van der Waals surface area contributed by atoms with Crippen LogP contribution in [0.5, 0.6) is 0 Å². The predicted octanol–water partition coefficient (Wildman–Crippen LogP) is 4.61. The highest BCUT2D eigenvalue weighted by molar-refractivity contribution is 5.85. The number of rotatable bonds is 4. The lowest BCUT2D eigenvalue weighted by molar-refractivity contribution is -0.138. The Morgan fingerprint density at radius 1 is 0.909 bits per heavy atom. The summed E-state index contributed by atoms with van der Waals surface area (Å²) < 4.78 is 10.4. The average Bonchev–Trinajstić information content (AvgIpc) is 3.12. The molecule has 0 atom stereocenters. The van der Waals surface area contributed by atoms with Gasteiger partial charge < -0.3 is 20.1 Å². The summed E-state index contributed by atoms with van der Waals surface area (Å²) in [6, 6.07) is 0. The first-order chi connectivity index (χ1) is 15.3. The maximum Gasteiger partial charge on any atom is 0.332 e. The predicted molar refractivity (Wildman–Crippen MR) is 130 cm³/mol. The summed E-state index contributed by atoms with van der Waals surface area (Å²) in [7, 11) is 0. The molecule has 0 aromatic rings. The molecular weight excluding hydrogens is 416 g/mol. The van der Waals surface area contributed by atoms with Gasteiger partial charge in [0.05, 0.1) is 18.6 Å². The molecule has 2 N–H and O–H groups in total. The molecule has 180 valence electrons. The highest BCUT2D eigenvalue weighted by Gasteiger charge is 2.50. The van der Waals surface area contributed by atoms with E-state index in [0.29, 0.717) is 13.2 Å². The molecule has 2 fully saturated rings. The van der Waals surface area contributed by atoms with Gasteiger partial charge in [0.2, 0.25) is 0 Å². The fourth-order valence-corrected chi connectivity index (χ4v) is 5.38. The normalized spacial score (nSPS) is 27.9. The molecule has 0 saturated carbocycles. The highest BCUT2D eigenvalue weighted by Crippen LogP contribution is 2.55. The van der Waals surface area contributed by atoms with Crippen molar-refractivity contribution in [1.82, 2.24) is 10.6 Å². The SMILES string of the molecule is CCOC(=O)/C=C1\NC(C)(C)CC1=C1C=C(C)C2(CC(C)(C)N/C2=C\C(=O)OCC)C(C)=C1. The van der Waals surface area contributed by atoms with E-state index >= 15 is 0 Å². The van der Waals surface area contributed by atoms with Gasteiger partial charge in [-0.2, -0.15) is 0 Å². The van der Waals surface area contributed by atoms with Gasteiger partial charge in [0.1, 0.15) is 0 Å². The quantitative estimate of drug-likeness (QED) is 0.477. The number of allylic oxidation sites excluding steroid dienone is 5. The molecule has 0 unspecified atom stereocenters. The van der Waals surface area contributed by atoms with Crippen molar-refractivity contribution in [1.29, 1.82) is 0 Å². The monoisotopic (exact) mass is 454 g/mol. The van der Waals surface area contributed by atoms with Gasteiger partial charge in [-0.15, -0.1) is 0 Å². The number of carbonyl (C=O) groups is 2. The Kier molecular flexibility index (Phi) is 6.69. The minimum absolute atomic E-state index is 0.162. The van der Waals surface area contributed by atoms with Gasteiger partial charge >= 0.3 is 11.9 Å². The first kappa shape index (κ1) is 24.9. The zero-order valence-electron chi connectivity index (χ0n) is 21.3. The summed E-state index contributed by atoms with van der Waals surface area (Å²) in [4.78, 5) is 24.5. The van der Waals surface area contributed by atoms with Crippen molar-refractivity contribution in [2.75, 3.05) is 13.2 Å². The fourth-order valence-electron chi connectivity index (χ4n) is 5.38. The van der Waals surface area contributed by atoms with Gasteiger partial charge in [-0.05, 0) is 79.4 Å². The molecule has 0 amide bonds. The van der Waals surface area contributed by atoms with E-state index in [1.807, 2.05) is 6.92 Å². The van der Waals surface area contributed by atoms with Crippen LogP contribution in [0.25, 0.3) is 0 Å². The third kappa shape index (κ3) is 4.94. The van der Waals surface area contributed by atoms with Gasteiger partial charge in [0.15, 0.2) is 0 Å². The largest absolute Gasteiger partial charge is 0.463 e. The van der Waals surface area contributed by atoms with Crippen molar-refractivity contribution < 1.29 is 19.1 Å². The van der Waals surface area contributed by atoms with E-state index in [0.717, 1.165) is 35.4 Å². The van der Waals surface area contributed by atoms with Crippen molar-refractivity contribution in [3.8, 4) is 0 Å². The van der Waals surface area contributed by atoms with Crippen LogP contribution in [-0.2, 0) is 19.1 Å². The zero-order valence-corrected chi connectivity index (χ0v) is 21.3. The Balaban J connectivity index is 2.11. The Bertz CT molecular complexity index is 983. The Morgan fingerprint density at radius 2 is 1.45 bits per heavy atom. The first-order valence-corrected chi connectivity index (χ1v) is 11.8. The summed E-state index contributed by atoms with van der Waals surface area (Å²) >= 11 is 0. The summed E-state index contributed by atoms with van der Waals surface area (Å²) in [6.45, 7) is 17.1. The van der Waals surface area contributed by atoms with Gasteiger partial charge in [-0.25, -0.2) is 9.59 Å². The Morgan fingerprint density at radius 3 is 2.00 bits per heavy atom. The van der Waals surface area contributed by atoms with Crippen LogP contribution in [0.4, 0.5) is 0 Å². The summed E-state index contributed by atoms with van der Waals surface area (Å²) in [5.41, 5.74) is 5.50. The summed E-state index contributed by atoms with van der Waals surface area (Å²) in [5.74, 6) is -0.672. The van der Waals surface area contributed by atoms with Gasteiger partial charge in [0, 0.05) is 34.6 Å². The van der Waals surface area contributed by atoms with E-state index in [1.165, 1.54) is 11.1 Å². The third-order valence-corrected chi connectivity index (χ3v) is 6.59. The molecule has 0 aromatic heterocycles. The molecule has 2 heterocycles. The maximum atomic E-state index is 12.3. The van der Waals surface area contributed by atoms with E-state index in [2.05, 4.69) is 64.3 Å². The van der Waals surface area contributed by atoms with Crippen LogP contribution in [0.2, 0.25) is 0 Å². The maximum absolute atomic E-state index is 12.3.